The zero-order valence-electron chi connectivity index (χ0n) is 12.9. The zero-order chi connectivity index (χ0) is 18.2. The molecule has 7 nitrogen and oxygen atoms in total. The first kappa shape index (κ1) is 16.9. The average molecular weight is 354 g/mol. The molecule has 2 aromatic rings. The molecule has 3 rings (SSSR count). The Morgan fingerprint density at radius 3 is 2.60 bits per heavy atom. The number of esters is 1. The van der Waals surface area contributed by atoms with Crippen molar-refractivity contribution in [2.24, 2.45) is 5.92 Å². The molecule has 1 aliphatic heterocycles. The van der Waals surface area contributed by atoms with E-state index in [2.05, 4.69) is 15.4 Å². The minimum Gasteiger partial charge on any atom is -0.465 e. The van der Waals surface area contributed by atoms with Crippen LogP contribution in [0, 0.1) is 5.92 Å². The lowest BCUT2D eigenvalue weighted by Crippen LogP contribution is -2.43. The van der Waals surface area contributed by atoms with Crippen LogP contribution in [-0.2, 0) is 20.5 Å². The summed E-state index contributed by atoms with van der Waals surface area (Å²) < 4.78 is 44.6. The molecule has 132 valence electrons. The van der Waals surface area contributed by atoms with E-state index < -0.39 is 35.8 Å². The van der Waals surface area contributed by atoms with E-state index in [-0.39, 0.29) is 12.6 Å². The first-order chi connectivity index (χ1) is 11.8. The maximum Gasteiger partial charge on any atom is 0.453 e. The number of hydrogen-bond acceptors (Lipinski definition) is 5. The van der Waals surface area contributed by atoms with Gasteiger partial charge in [-0.25, -0.2) is 4.68 Å². The Hall–Kier alpha value is -2.91. The number of rotatable bonds is 3. The first-order valence-corrected chi connectivity index (χ1v) is 7.39. The molecule has 1 amide bonds. The van der Waals surface area contributed by atoms with Gasteiger partial charge in [-0.15, -0.1) is 5.10 Å². The summed E-state index contributed by atoms with van der Waals surface area (Å²) >= 11 is 0. The number of benzene rings is 1. The molecular weight excluding hydrogens is 341 g/mol. The molecule has 0 radical (unpaired) electrons. The van der Waals surface area contributed by atoms with Gasteiger partial charge >= 0.3 is 12.1 Å². The van der Waals surface area contributed by atoms with E-state index >= 15 is 0 Å². The number of alkyl halides is 3. The van der Waals surface area contributed by atoms with E-state index in [1.807, 2.05) is 0 Å². The number of nitrogens with zero attached hydrogens (tertiary/aromatic N) is 3. The van der Waals surface area contributed by atoms with Crippen molar-refractivity contribution in [3.63, 3.8) is 0 Å². The Balaban J connectivity index is 2.15. The average Bonchev–Trinajstić information content (AvgIpc) is 2.98. The SMILES string of the molecule is CCOC(=O)[C@H]1C(=O)Nc2nc(C(F)(F)F)nn2[C@H]1c1ccccc1. The lowest BCUT2D eigenvalue weighted by Gasteiger charge is -2.30. The standard InChI is InChI=1S/C15H13F3N4O3/c1-2-25-12(24)9-10(8-6-4-3-5-7-8)22-14(19-11(9)23)20-13(21-22)15(16,17)18/h3-7,9-10H,2H2,1H3,(H,19,20,21,23)/t9-,10+/m1/s1. The van der Waals surface area contributed by atoms with Crippen molar-refractivity contribution in [3.05, 3.63) is 41.7 Å². The number of fused-ring (bicyclic) bond motifs is 1. The van der Waals surface area contributed by atoms with Gasteiger partial charge in [0.2, 0.25) is 11.9 Å². The van der Waals surface area contributed by atoms with Crippen LogP contribution in [0.2, 0.25) is 0 Å². The molecule has 1 aromatic heterocycles. The lowest BCUT2D eigenvalue weighted by molar-refractivity contribution is -0.152. The minimum atomic E-state index is -4.78. The Morgan fingerprint density at radius 1 is 1.32 bits per heavy atom. The second-order valence-corrected chi connectivity index (χ2v) is 5.28. The summed E-state index contributed by atoms with van der Waals surface area (Å²) in [7, 11) is 0. The van der Waals surface area contributed by atoms with Gasteiger partial charge in [0.15, 0.2) is 5.92 Å². The minimum absolute atomic E-state index is 0.0299. The molecule has 0 saturated carbocycles. The quantitative estimate of drug-likeness (QED) is 0.673. The number of carbonyl (C=O) groups is 2. The molecule has 0 bridgehead atoms. The van der Waals surface area contributed by atoms with Crippen LogP contribution >= 0.6 is 0 Å². The van der Waals surface area contributed by atoms with Crippen LogP contribution in [0.5, 0.6) is 0 Å². The Kier molecular flexibility index (Phi) is 4.19. The van der Waals surface area contributed by atoms with Gasteiger partial charge in [0.25, 0.3) is 5.82 Å². The molecule has 0 saturated heterocycles. The van der Waals surface area contributed by atoms with E-state index in [1.165, 1.54) is 0 Å². The van der Waals surface area contributed by atoms with Crippen molar-refractivity contribution in [2.45, 2.75) is 19.1 Å². The summed E-state index contributed by atoms with van der Waals surface area (Å²) in [6.07, 6.45) is -4.78. The van der Waals surface area contributed by atoms with Gasteiger partial charge in [-0.1, -0.05) is 30.3 Å². The summed E-state index contributed by atoms with van der Waals surface area (Å²) in [5.41, 5.74) is 0.440. The molecule has 0 fully saturated rings. The third-order valence-electron chi connectivity index (χ3n) is 3.66. The summed E-state index contributed by atoms with van der Waals surface area (Å²) in [5.74, 6) is -4.78. The maximum absolute atomic E-state index is 12.9. The molecule has 1 aromatic carbocycles. The zero-order valence-corrected chi connectivity index (χ0v) is 12.9. The largest absolute Gasteiger partial charge is 0.465 e. The fourth-order valence-corrected chi connectivity index (χ4v) is 2.65. The number of nitrogens with one attached hydrogen (secondary N) is 1. The smallest absolute Gasteiger partial charge is 0.453 e. The molecule has 10 heteroatoms. The number of anilines is 1. The molecule has 1 aliphatic rings. The number of ether oxygens (including phenoxy) is 1. The molecule has 0 aliphatic carbocycles. The predicted molar refractivity (Wildman–Crippen MR) is 78.4 cm³/mol. The monoisotopic (exact) mass is 354 g/mol. The molecule has 25 heavy (non-hydrogen) atoms. The van der Waals surface area contributed by atoms with Crippen LogP contribution in [0.1, 0.15) is 24.4 Å². The van der Waals surface area contributed by atoms with Crippen molar-refractivity contribution in [2.75, 3.05) is 11.9 Å². The molecular formula is C15H13F3N4O3. The van der Waals surface area contributed by atoms with Gasteiger partial charge in [-0.05, 0) is 12.5 Å². The summed E-state index contributed by atoms with van der Waals surface area (Å²) in [5, 5.41) is 5.66. The summed E-state index contributed by atoms with van der Waals surface area (Å²) in [4.78, 5) is 27.9. The van der Waals surface area contributed by atoms with Gasteiger partial charge in [-0.3, -0.25) is 14.9 Å². The van der Waals surface area contributed by atoms with Gasteiger partial charge in [0.1, 0.15) is 6.04 Å². The summed E-state index contributed by atoms with van der Waals surface area (Å²) in [6.45, 7) is 1.60. The van der Waals surface area contributed by atoms with Crippen molar-refractivity contribution in [1.29, 1.82) is 0 Å². The second kappa shape index (κ2) is 6.19. The second-order valence-electron chi connectivity index (χ2n) is 5.28. The normalized spacial score (nSPS) is 19.9. The lowest BCUT2D eigenvalue weighted by atomic mass is 9.91. The van der Waals surface area contributed by atoms with E-state index in [9.17, 15) is 22.8 Å². The van der Waals surface area contributed by atoms with Crippen LogP contribution < -0.4 is 5.32 Å². The van der Waals surface area contributed by atoms with E-state index in [0.717, 1.165) is 4.68 Å². The highest BCUT2D eigenvalue weighted by molar-refractivity contribution is 6.06. The van der Waals surface area contributed by atoms with Crippen molar-refractivity contribution >= 4 is 17.8 Å². The van der Waals surface area contributed by atoms with Gasteiger partial charge < -0.3 is 4.74 Å². The maximum atomic E-state index is 12.9. The predicted octanol–water partition coefficient (Wildman–Crippen LogP) is 2.02. The van der Waals surface area contributed by atoms with Crippen LogP contribution in [0.4, 0.5) is 19.1 Å². The number of aromatic nitrogens is 3. The van der Waals surface area contributed by atoms with Gasteiger partial charge in [-0.2, -0.15) is 18.2 Å². The number of carbonyl (C=O) groups excluding carboxylic acids is 2. The van der Waals surface area contributed by atoms with Crippen LogP contribution in [0.3, 0.4) is 0 Å². The molecule has 1 N–H and O–H groups in total. The third-order valence-corrected chi connectivity index (χ3v) is 3.66. The van der Waals surface area contributed by atoms with Crippen molar-refractivity contribution in [3.8, 4) is 0 Å². The van der Waals surface area contributed by atoms with Crippen LogP contribution in [-0.4, -0.2) is 33.2 Å². The fraction of sp³-hybridized carbons (Fsp3) is 0.333. The Morgan fingerprint density at radius 2 is 2.00 bits per heavy atom. The Labute approximate surface area is 139 Å². The highest BCUT2D eigenvalue weighted by Crippen LogP contribution is 2.36. The molecule has 2 atom stereocenters. The Bertz CT molecular complexity index is 804. The molecule has 0 unspecified atom stereocenters. The highest BCUT2D eigenvalue weighted by atomic mass is 19.4. The van der Waals surface area contributed by atoms with E-state index in [1.54, 1.807) is 37.3 Å². The third kappa shape index (κ3) is 3.06. The number of halogens is 3. The molecule has 2 heterocycles. The van der Waals surface area contributed by atoms with E-state index in [0.29, 0.717) is 5.56 Å². The fourth-order valence-electron chi connectivity index (χ4n) is 2.65. The first-order valence-electron chi connectivity index (χ1n) is 7.39. The van der Waals surface area contributed by atoms with Crippen molar-refractivity contribution < 1.29 is 27.5 Å². The van der Waals surface area contributed by atoms with Gasteiger partial charge in [0, 0.05) is 0 Å². The number of hydrogen-bond donors (Lipinski definition) is 1. The van der Waals surface area contributed by atoms with E-state index in [4.69, 9.17) is 4.74 Å². The topological polar surface area (TPSA) is 86.1 Å². The van der Waals surface area contributed by atoms with Crippen LogP contribution in [0.15, 0.2) is 30.3 Å². The van der Waals surface area contributed by atoms with Crippen LogP contribution in [0.25, 0.3) is 0 Å². The molecule has 0 spiro atoms. The van der Waals surface area contributed by atoms with Crippen molar-refractivity contribution in [1.82, 2.24) is 14.8 Å². The number of amides is 1. The summed E-state index contributed by atoms with van der Waals surface area (Å²) in [6, 6.07) is 7.08. The highest BCUT2D eigenvalue weighted by Gasteiger charge is 2.46. The van der Waals surface area contributed by atoms with Gasteiger partial charge in [0.05, 0.1) is 6.61 Å².